The van der Waals surface area contributed by atoms with Gasteiger partial charge in [-0.1, -0.05) is 54.6 Å². The first-order valence-corrected chi connectivity index (χ1v) is 14.0. The Kier molecular flexibility index (Phi) is 10.2. The van der Waals surface area contributed by atoms with E-state index in [0.717, 1.165) is 27.8 Å². The number of carbonyl (C=O) groups is 3. The molecule has 0 bridgehead atoms. The van der Waals surface area contributed by atoms with Gasteiger partial charge < -0.3 is 21.1 Å². The molecule has 0 saturated carbocycles. The quantitative estimate of drug-likeness (QED) is 0.216. The molecule has 1 aromatic heterocycles. The SMILES string of the molecule is CC(C)(N)CC(=O)NC1CCc2ccc(F)cc2N(Cc2ccc(-c3ccccc3-c3nnn[nH]3)cc2)C1=O.O=C(O)C(F)(F)F. The van der Waals surface area contributed by atoms with Crippen LogP contribution in [0.4, 0.5) is 23.2 Å². The zero-order chi connectivity index (χ0) is 33.6. The molecule has 242 valence electrons. The first-order chi connectivity index (χ1) is 21.6. The first-order valence-electron chi connectivity index (χ1n) is 14.0. The van der Waals surface area contributed by atoms with Gasteiger partial charge in [0.1, 0.15) is 11.9 Å². The largest absolute Gasteiger partial charge is 0.490 e. The molecule has 0 saturated heterocycles. The second-order valence-corrected chi connectivity index (χ2v) is 11.3. The molecule has 0 spiro atoms. The number of carboxylic acids is 1. The maximum absolute atomic E-state index is 14.3. The van der Waals surface area contributed by atoms with E-state index in [1.807, 2.05) is 48.5 Å². The van der Waals surface area contributed by atoms with Crippen LogP contribution in [0.3, 0.4) is 0 Å². The van der Waals surface area contributed by atoms with Crippen LogP contribution in [-0.4, -0.2) is 61.3 Å². The number of carboxylic acid groups (broad SMARTS) is 1. The summed E-state index contributed by atoms with van der Waals surface area (Å²) in [6.45, 7) is 3.74. The van der Waals surface area contributed by atoms with Crippen molar-refractivity contribution < 1.29 is 37.1 Å². The number of H-pyrrole nitrogens is 1. The molecule has 1 unspecified atom stereocenters. The van der Waals surface area contributed by atoms with Crippen LogP contribution >= 0.6 is 0 Å². The van der Waals surface area contributed by atoms with Gasteiger partial charge in [-0.25, -0.2) is 14.3 Å². The predicted molar refractivity (Wildman–Crippen MR) is 159 cm³/mol. The van der Waals surface area contributed by atoms with Crippen LogP contribution in [0, 0.1) is 5.82 Å². The van der Waals surface area contributed by atoms with Gasteiger partial charge in [0.25, 0.3) is 0 Å². The highest BCUT2D eigenvalue weighted by molar-refractivity contribution is 6.00. The summed E-state index contributed by atoms with van der Waals surface area (Å²) >= 11 is 0. The molecule has 1 aliphatic heterocycles. The van der Waals surface area contributed by atoms with Gasteiger partial charge in [-0.05, 0) is 71.5 Å². The number of hydrogen-bond donors (Lipinski definition) is 4. The number of alkyl halides is 3. The number of rotatable bonds is 7. The van der Waals surface area contributed by atoms with Crippen LogP contribution in [0.25, 0.3) is 22.5 Å². The predicted octanol–water partition coefficient (Wildman–Crippen LogP) is 4.40. The number of hydrogen-bond acceptors (Lipinski definition) is 7. The maximum atomic E-state index is 14.3. The van der Waals surface area contributed by atoms with E-state index >= 15 is 0 Å². The fourth-order valence-corrected chi connectivity index (χ4v) is 4.87. The van der Waals surface area contributed by atoms with Crippen LogP contribution < -0.4 is 16.0 Å². The number of benzene rings is 3. The van der Waals surface area contributed by atoms with Crippen molar-refractivity contribution in [2.24, 2.45) is 5.73 Å². The van der Waals surface area contributed by atoms with Crippen LogP contribution in [0.5, 0.6) is 0 Å². The monoisotopic (exact) mass is 641 g/mol. The van der Waals surface area contributed by atoms with Crippen LogP contribution in [0.2, 0.25) is 0 Å². The van der Waals surface area contributed by atoms with Gasteiger partial charge in [-0.15, -0.1) is 5.10 Å². The first kappa shape index (κ1) is 33.7. The van der Waals surface area contributed by atoms with Gasteiger partial charge in [0.2, 0.25) is 11.8 Å². The smallest absolute Gasteiger partial charge is 0.475 e. The number of aromatic nitrogens is 4. The molecule has 3 aromatic carbocycles. The fraction of sp³-hybridized carbons (Fsp3) is 0.290. The molecule has 1 atom stereocenters. The second-order valence-electron chi connectivity index (χ2n) is 11.3. The number of fused-ring (bicyclic) bond motifs is 1. The minimum absolute atomic E-state index is 0.0887. The van der Waals surface area contributed by atoms with Crippen molar-refractivity contribution >= 4 is 23.5 Å². The molecule has 5 rings (SSSR count). The normalized spacial score (nSPS) is 14.9. The summed E-state index contributed by atoms with van der Waals surface area (Å²) in [4.78, 5) is 36.8. The van der Waals surface area contributed by atoms with E-state index in [0.29, 0.717) is 24.4 Å². The fourth-order valence-electron chi connectivity index (χ4n) is 4.87. The van der Waals surface area contributed by atoms with E-state index in [1.54, 1.807) is 24.8 Å². The van der Waals surface area contributed by atoms with Crippen LogP contribution in [0.1, 0.15) is 37.8 Å². The Hall–Kier alpha value is -5.18. The van der Waals surface area contributed by atoms with E-state index in [-0.39, 0.29) is 24.8 Å². The third-order valence-electron chi connectivity index (χ3n) is 6.93. The maximum Gasteiger partial charge on any atom is 0.490 e. The van der Waals surface area contributed by atoms with Crippen molar-refractivity contribution in [1.82, 2.24) is 25.9 Å². The highest BCUT2D eigenvalue weighted by atomic mass is 19.4. The summed E-state index contributed by atoms with van der Waals surface area (Å²) in [5.41, 5.74) is 10.3. The van der Waals surface area contributed by atoms with Gasteiger partial charge in [-0.2, -0.15) is 13.2 Å². The van der Waals surface area contributed by atoms with Gasteiger partial charge in [0, 0.05) is 17.5 Å². The number of aryl methyl sites for hydroxylation is 1. The Balaban J connectivity index is 0.000000617. The lowest BCUT2D eigenvalue weighted by molar-refractivity contribution is -0.192. The summed E-state index contributed by atoms with van der Waals surface area (Å²) in [5.74, 6) is -3.19. The number of aromatic amines is 1. The number of amides is 2. The summed E-state index contributed by atoms with van der Waals surface area (Å²) in [5, 5.41) is 24.2. The highest BCUT2D eigenvalue weighted by Gasteiger charge is 2.38. The van der Waals surface area contributed by atoms with E-state index in [9.17, 15) is 27.2 Å². The molecule has 0 aliphatic carbocycles. The minimum Gasteiger partial charge on any atom is -0.475 e. The Morgan fingerprint density at radius 1 is 1.07 bits per heavy atom. The second kappa shape index (κ2) is 13.9. The Labute approximate surface area is 260 Å². The molecule has 46 heavy (non-hydrogen) atoms. The van der Waals surface area contributed by atoms with Crippen LogP contribution in [-0.2, 0) is 27.3 Å². The number of nitrogens with two attached hydrogens (primary N) is 1. The van der Waals surface area contributed by atoms with Crippen molar-refractivity contribution in [2.45, 2.75) is 57.4 Å². The molecule has 0 radical (unpaired) electrons. The number of carbonyl (C=O) groups excluding carboxylic acids is 2. The number of tetrazole rings is 1. The Bertz CT molecular complexity index is 1690. The standard InChI is InChI=1S/C29H30FN7O2.C2HF3O2/c1-29(2,31)16-26(38)32-24-14-12-20-11-13-21(30)15-25(20)37(28(24)39)17-18-7-9-19(10-8-18)22-5-3-4-6-23(22)27-33-35-36-34-27;3-2(4,5)1(6)7/h3-11,13,15,24H,12,14,16-17,31H2,1-2H3,(H,32,38)(H,33,34,35,36);(H,6,7). The third kappa shape index (κ3) is 8.72. The molecule has 2 heterocycles. The molecule has 1 aliphatic rings. The molecule has 11 nitrogen and oxygen atoms in total. The third-order valence-corrected chi connectivity index (χ3v) is 6.93. The van der Waals surface area contributed by atoms with Crippen molar-refractivity contribution in [3.8, 4) is 22.5 Å². The molecule has 5 N–H and O–H groups in total. The summed E-state index contributed by atoms with van der Waals surface area (Å²) in [6.07, 6.45) is -4.05. The molecule has 15 heteroatoms. The Morgan fingerprint density at radius 3 is 2.30 bits per heavy atom. The van der Waals surface area contributed by atoms with Crippen molar-refractivity contribution in [3.05, 3.63) is 83.7 Å². The topological polar surface area (TPSA) is 167 Å². The lowest BCUT2D eigenvalue weighted by Gasteiger charge is -2.27. The van der Waals surface area contributed by atoms with E-state index in [1.165, 1.54) is 12.1 Å². The molecule has 2 amide bonds. The van der Waals surface area contributed by atoms with Crippen LogP contribution in [0.15, 0.2) is 66.7 Å². The zero-order valence-corrected chi connectivity index (χ0v) is 24.8. The summed E-state index contributed by atoms with van der Waals surface area (Å²) in [6, 6.07) is 19.3. The lowest BCUT2D eigenvalue weighted by atomic mass is 9.98. The molecular weight excluding hydrogens is 610 g/mol. The Morgan fingerprint density at radius 2 is 1.72 bits per heavy atom. The number of nitrogens with zero attached hydrogens (tertiary/aromatic N) is 4. The number of anilines is 1. The molecular formula is C31H31F4N7O4. The zero-order valence-electron chi connectivity index (χ0n) is 24.8. The molecule has 4 aromatic rings. The van der Waals surface area contributed by atoms with E-state index < -0.39 is 29.5 Å². The highest BCUT2D eigenvalue weighted by Crippen LogP contribution is 2.32. The number of halogens is 4. The van der Waals surface area contributed by atoms with Gasteiger partial charge in [-0.3, -0.25) is 9.59 Å². The van der Waals surface area contributed by atoms with E-state index in [2.05, 4.69) is 25.9 Å². The van der Waals surface area contributed by atoms with Crippen molar-refractivity contribution in [2.75, 3.05) is 4.90 Å². The average molecular weight is 642 g/mol. The average Bonchev–Trinajstić information content (AvgIpc) is 3.49. The van der Waals surface area contributed by atoms with Gasteiger partial charge in [0.15, 0.2) is 5.82 Å². The van der Waals surface area contributed by atoms with Gasteiger partial charge in [0.05, 0.1) is 12.2 Å². The van der Waals surface area contributed by atoms with Crippen molar-refractivity contribution in [1.29, 1.82) is 0 Å². The summed E-state index contributed by atoms with van der Waals surface area (Å²) < 4.78 is 46.1. The summed E-state index contributed by atoms with van der Waals surface area (Å²) in [7, 11) is 0. The van der Waals surface area contributed by atoms with Crippen molar-refractivity contribution in [3.63, 3.8) is 0 Å². The van der Waals surface area contributed by atoms with Gasteiger partial charge >= 0.3 is 12.1 Å². The number of aliphatic carboxylic acids is 1. The minimum atomic E-state index is -5.08. The van der Waals surface area contributed by atoms with E-state index in [4.69, 9.17) is 15.6 Å². The number of nitrogens with one attached hydrogen (secondary N) is 2. The molecule has 0 fully saturated rings. The lowest BCUT2D eigenvalue weighted by Crippen LogP contribution is -2.49.